The molecule has 1 aliphatic heterocycles. The summed E-state index contributed by atoms with van der Waals surface area (Å²) in [7, 11) is 1.83. The van der Waals surface area contributed by atoms with E-state index in [1.54, 1.807) is 12.1 Å². The molecule has 1 unspecified atom stereocenters. The van der Waals surface area contributed by atoms with Crippen molar-refractivity contribution in [1.82, 2.24) is 5.01 Å². The highest BCUT2D eigenvalue weighted by Crippen LogP contribution is 2.39. The summed E-state index contributed by atoms with van der Waals surface area (Å²) in [5, 5.41) is 4.52. The Hall–Kier alpha value is -0.480. The molecule has 6 heteroatoms. The Balaban J connectivity index is 2.51. The predicted octanol–water partition coefficient (Wildman–Crippen LogP) is 3.62. The maximum atomic E-state index is 11.9. The SMILES string of the molecule is CC1CC(=O)N(c2c(Cl)cc(Cl)cc2Cl)N1C. The number of carbonyl (C=O) groups excluding carboxylic acids is 1. The van der Waals surface area contributed by atoms with Crippen molar-refractivity contribution < 1.29 is 4.79 Å². The lowest BCUT2D eigenvalue weighted by molar-refractivity contribution is -0.117. The van der Waals surface area contributed by atoms with E-state index in [9.17, 15) is 4.79 Å². The smallest absolute Gasteiger partial charge is 0.243 e. The fraction of sp³-hybridized carbons (Fsp3) is 0.364. The van der Waals surface area contributed by atoms with E-state index in [1.807, 2.05) is 19.0 Å². The van der Waals surface area contributed by atoms with Crippen LogP contribution in [0.5, 0.6) is 0 Å². The second-order valence-corrected chi connectivity index (χ2v) is 5.30. The molecule has 1 atom stereocenters. The first-order valence-corrected chi connectivity index (χ1v) is 6.25. The molecule has 0 spiro atoms. The molecule has 1 saturated heterocycles. The summed E-state index contributed by atoms with van der Waals surface area (Å²) < 4.78 is 0. The Bertz CT molecular complexity index is 455. The van der Waals surface area contributed by atoms with Gasteiger partial charge in [-0.3, -0.25) is 4.79 Å². The maximum Gasteiger partial charge on any atom is 0.243 e. The molecule has 1 aromatic carbocycles. The molecular weight excluding hydrogens is 282 g/mol. The van der Waals surface area contributed by atoms with E-state index >= 15 is 0 Å². The van der Waals surface area contributed by atoms with Crippen LogP contribution in [0.3, 0.4) is 0 Å². The first-order valence-electron chi connectivity index (χ1n) is 5.12. The van der Waals surface area contributed by atoms with E-state index in [0.717, 1.165) is 0 Å². The first-order chi connectivity index (χ1) is 7.91. The molecule has 0 N–H and O–H groups in total. The molecule has 1 amide bonds. The summed E-state index contributed by atoms with van der Waals surface area (Å²) in [5.74, 6) is -0.0221. The van der Waals surface area contributed by atoms with E-state index in [2.05, 4.69) is 0 Å². The van der Waals surface area contributed by atoms with Crippen molar-refractivity contribution in [3.8, 4) is 0 Å². The first kappa shape index (κ1) is 13.0. The maximum absolute atomic E-state index is 11.9. The molecule has 2 rings (SSSR count). The second-order valence-electron chi connectivity index (χ2n) is 4.05. The third-order valence-corrected chi connectivity index (χ3v) is 3.65. The van der Waals surface area contributed by atoms with Crippen LogP contribution in [0, 0.1) is 0 Å². The van der Waals surface area contributed by atoms with Crippen molar-refractivity contribution in [1.29, 1.82) is 0 Å². The predicted molar refractivity (Wildman–Crippen MR) is 70.8 cm³/mol. The van der Waals surface area contributed by atoms with Gasteiger partial charge < -0.3 is 0 Å². The number of hydrogen-bond acceptors (Lipinski definition) is 2. The lowest BCUT2D eigenvalue weighted by atomic mass is 10.2. The Kier molecular flexibility index (Phi) is 3.55. The number of hydrazine groups is 1. The number of rotatable bonds is 1. The van der Waals surface area contributed by atoms with Crippen LogP contribution >= 0.6 is 34.8 Å². The Morgan fingerprint density at radius 3 is 2.18 bits per heavy atom. The van der Waals surface area contributed by atoms with Crippen LogP contribution in [0.4, 0.5) is 5.69 Å². The van der Waals surface area contributed by atoms with Gasteiger partial charge in [-0.05, 0) is 19.1 Å². The van der Waals surface area contributed by atoms with Gasteiger partial charge in [-0.2, -0.15) is 0 Å². The number of nitrogens with zero attached hydrogens (tertiary/aromatic N) is 2. The molecule has 92 valence electrons. The van der Waals surface area contributed by atoms with Gasteiger partial charge in [-0.15, -0.1) is 0 Å². The zero-order valence-electron chi connectivity index (χ0n) is 9.38. The lowest BCUT2D eigenvalue weighted by Crippen LogP contribution is -2.39. The van der Waals surface area contributed by atoms with Crippen LogP contribution in [0.25, 0.3) is 0 Å². The Morgan fingerprint density at radius 2 is 1.76 bits per heavy atom. The average Bonchev–Trinajstić information content (AvgIpc) is 2.43. The number of benzene rings is 1. The van der Waals surface area contributed by atoms with Gasteiger partial charge >= 0.3 is 0 Å². The summed E-state index contributed by atoms with van der Waals surface area (Å²) in [5.41, 5.74) is 0.495. The van der Waals surface area contributed by atoms with Gasteiger partial charge in [0.05, 0.1) is 15.7 Å². The van der Waals surface area contributed by atoms with Crippen molar-refractivity contribution >= 4 is 46.4 Å². The third kappa shape index (κ3) is 2.25. The topological polar surface area (TPSA) is 23.6 Å². The van der Waals surface area contributed by atoms with Crippen molar-refractivity contribution in [3.63, 3.8) is 0 Å². The summed E-state index contributed by atoms with van der Waals surface area (Å²) in [6.07, 6.45) is 0.450. The van der Waals surface area contributed by atoms with Crippen LogP contribution in [0.1, 0.15) is 13.3 Å². The van der Waals surface area contributed by atoms with Gasteiger partial charge in [-0.25, -0.2) is 10.0 Å². The van der Waals surface area contributed by atoms with Gasteiger partial charge in [0.2, 0.25) is 5.91 Å². The molecule has 17 heavy (non-hydrogen) atoms. The fourth-order valence-corrected chi connectivity index (χ4v) is 2.84. The third-order valence-electron chi connectivity index (χ3n) is 2.85. The van der Waals surface area contributed by atoms with E-state index in [1.165, 1.54) is 5.01 Å². The molecule has 0 radical (unpaired) electrons. The van der Waals surface area contributed by atoms with Gasteiger partial charge in [0.25, 0.3) is 0 Å². The summed E-state index contributed by atoms with van der Waals surface area (Å²) >= 11 is 18.1. The highest BCUT2D eigenvalue weighted by Gasteiger charge is 2.35. The molecule has 0 aliphatic carbocycles. The molecule has 0 bridgehead atoms. The summed E-state index contributed by atoms with van der Waals surface area (Å²) in [6.45, 7) is 1.97. The van der Waals surface area contributed by atoms with Gasteiger partial charge in [-0.1, -0.05) is 34.8 Å². The normalized spacial score (nSPS) is 21.4. The molecule has 1 fully saturated rings. The minimum Gasteiger partial charge on any atom is -0.273 e. The number of hydrogen-bond donors (Lipinski definition) is 0. The van der Waals surface area contributed by atoms with Crippen LogP contribution in [-0.2, 0) is 4.79 Å². The van der Waals surface area contributed by atoms with Crippen LogP contribution in [0.15, 0.2) is 12.1 Å². The van der Waals surface area contributed by atoms with Crippen LogP contribution in [-0.4, -0.2) is 24.0 Å². The highest BCUT2D eigenvalue weighted by molar-refractivity contribution is 6.42. The molecular formula is C11H11Cl3N2O. The van der Waals surface area contributed by atoms with Gasteiger partial charge in [0, 0.05) is 24.5 Å². The summed E-state index contributed by atoms with van der Waals surface area (Å²) in [6, 6.07) is 3.29. The van der Waals surface area contributed by atoms with E-state index in [4.69, 9.17) is 34.8 Å². The van der Waals surface area contributed by atoms with Gasteiger partial charge in [0.1, 0.15) is 0 Å². The molecule has 0 saturated carbocycles. The van der Waals surface area contributed by atoms with Crippen molar-refractivity contribution in [3.05, 3.63) is 27.2 Å². The summed E-state index contributed by atoms with van der Waals surface area (Å²) in [4.78, 5) is 11.9. The Labute approximate surface area is 115 Å². The minimum absolute atomic E-state index is 0.0221. The zero-order valence-corrected chi connectivity index (χ0v) is 11.6. The van der Waals surface area contributed by atoms with E-state index in [0.29, 0.717) is 27.2 Å². The largest absolute Gasteiger partial charge is 0.273 e. The average molecular weight is 294 g/mol. The molecule has 3 nitrogen and oxygen atoms in total. The minimum atomic E-state index is -0.0221. The highest BCUT2D eigenvalue weighted by atomic mass is 35.5. The molecule has 0 aromatic heterocycles. The van der Waals surface area contributed by atoms with E-state index in [-0.39, 0.29) is 11.9 Å². The fourth-order valence-electron chi connectivity index (χ4n) is 1.86. The quantitative estimate of drug-likeness (QED) is 0.789. The van der Waals surface area contributed by atoms with Crippen molar-refractivity contribution in [2.75, 3.05) is 12.1 Å². The van der Waals surface area contributed by atoms with Gasteiger partial charge in [0.15, 0.2) is 0 Å². The lowest BCUT2D eigenvalue weighted by Gasteiger charge is -2.28. The standard InChI is InChI=1S/C11H11Cl3N2O/c1-6-3-10(17)16(15(6)2)11-8(13)4-7(12)5-9(11)14/h4-6H,3H2,1-2H3. The molecule has 1 heterocycles. The van der Waals surface area contributed by atoms with Crippen molar-refractivity contribution in [2.24, 2.45) is 0 Å². The Morgan fingerprint density at radius 1 is 1.24 bits per heavy atom. The zero-order chi connectivity index (χ0) is 12.7. The number of halogens is 3. The monoisotopic (exact) mass is 292 g/mol. The number of carbonyl (C=O) groups is 1. The molecule has 1 aromatic rings. The van der Waals surface area contributed by atoms with Crippen LogP contribution < -0.4 is 5.01 Å². The molecule has 1 aliphatic rings. The van der Waals surface area contributed by atoms with Crippen LogP contribution in [0.2, 0.25) is 15.1 Å². The van der Waals surface area contributed by atoms with E-state index < -0.39 is 0 Å². The number of anilines is 1. The second kappa shape index (κ2) is 4.65. The number of amides is 1. The van der Waals surface area contributed by atoms with Crippen molar-refractivity contribution in [2.45, 2.75) is 19.4 Å².